The molecular formula is C19H22N2O4S. The van der Waals surface area contributed by atoms with E-state index in [-0.39, 0.29) is 24.3 Å². The summed E-state index contributed by atoms with van der Waals surface area (Å²) in [5, 5.41) is 4.67. The van der Waals surface area contributed by atoms with E-state index in [1.54, 1.807) is 56.8 Å². The number of fused-ring (bicyclic) bond motifs is 1. The second-order valence-corrected chi connectivity index (χ2v) is 8.24. The lowest BCUT2D eigenvalue weighted by molar-refractivity contribution is 0.0450. The van der Waals surface area contributed by atoms with Gasteiger partial charge in [-0.05, 0) is 38.3 Å². The number of benzene rings is 1. The molecule has 138 valence electrons. The molecule has 6 nitrogen and oxygen atoms in total. The number of amides is 3. The first-order chi connectivity index (χ1) is 12.3. The maximum absolute atomic E-state index is 12.8. The van der Waals surface area contributed by atoms with Crippen LogP contribution in [0.15, 0.2) is 35.7 Å². The van der Waals surface area contributed by atoms with Crippen LogP contribution in [0.3, 0.4) is 0 Å². The second kappa shape index (κ2) is 7.15. The molecule has 1 aromatic carbocycles. The number of nitrogens with one attached hydrogen (secondary N) is 1. The summed E-state index contributed by atoms with van der Waals surface area (Å²) in [5.74, 6) is 0.115. The molecule has 2 unspecified atom stereocenters. The zero-order chi connectivity index (χ0) is 18.9. The van der Waals surface area contributed by atoms with E-state index in [1.807, 2.05) is 11.5 Å². The third-order valence-corrected chi connectivity index (χ3v) is 5.14. The minimum atomic E-state index is -0.613. The maximum Gasteiger partial charge on any atom is 0.407 e. The van der Waals surface area contributed by atoms with Crippen molar-refractivity contribution in [2.45, 2.75) is 32.4 Å². The highest BCUT2D eigenvalue weighted by molar-refractivity contribution is 8.02. The van der Waals surface area contributed by atoms with Gasteiger partial charge in [0.1, 0.15) is 5.60 Å². The molecule has 0 aromatic heterocycles. The first-order valence-corrected chi connectivity index (χ1v) is 9.55. The number of thioether (sulfide) groups is 1. The number of hydrogen-bond acceptors (Lipinski definition) is 5. The predicted molar refractivity (Wildman–Crippen MR) is 100 cm³/mol. The summed E-state index contributed by atoms with van der Waals surface area (Å²) in [7, 11) is 0. The molecule has 0 saturated carbocycles. The summed E-state index contributed by atoms with van der Waals surface area (Å²) in [6.07, 6.45) is 1.42. The minimum absolute atomic E-state index is 0.0165. The molecular weight excluding hydrogens is 352 g/mol. The molecule has 0 fully saturated rings. The Morgan fingerprint density at radius 2 is 1.88 bits per heavy atom. The number of imide groups is 1. The van der Waals surface area contributed by atoms with E-state index in [2.05, 4.69) is 5.32 Å². The monoisotopic (exact) mass is 374 g/mol. The zero-order valence-corrected chi connectivity index (χ0v) is 15.8. The molecule has 7 heteroatoms. The highest BCUT2D eigenvalue weighted by Gasteiger charge is 2.42. The highest BCUT2D eigenvalue weighted by Crippen LogP contribution is 2.31. The van der Waals surface area contributed by atoms with Crippen molar-refractivity contribution < 1.29 is 19.1 Å². The van der Waals surface area contributed by atoms with Gasteiger partial charge in [0.15, 0.2) is 0 Å². The average Bonchev–Trinajstić information content (AvgIpc) is 3.17. The minimum Gasteiger partial charge on any atom is -0.444 e. The molecule has 0 radical (unpaired) electrons. The second-order valence-electron chi connectivity index (χ2n) is 7.30. The van der Waals surface area contributed by atoms with Crippen LogP contribution in [0.5, 0.6) is 0 Å². The van der Waals surface area contributed by atoms with Crippen LogP contribution >= 0.6 is 11.8 Å². The standard InChI is InChI=1S/C19H22N2O4S/c1-19(2,3)25-18(24)20-10-15(12-8-9-26-11-12)21-16(22)13-6-4-5-7-14(13)17(21)23/h4-9,12,15H,10-11H2,1-3H3,(H,20,24). The summed E-state index contributed by atoms with van der Waals surface area (Å²) >= 11 is 1.63. The molecule has 2 aliphatic rings. The molecule has 3 amide bonds. The van der Waals surface area contributed by atoms with E-state index in [0.29, 0.717) is 11.1 Å². The average molecular weight is 374 g/mol. The van der Waals surface area contributed by atoms with Gasteiger partial charge in [0.05, 0.1) is 17.2 Å². The summed E-state index contributed by atoms with van der Waals surface area (Å²) in [5.41, 5.74) is 0.210. The molecule has 0 bridgehead atoms. The number of carbonyl (C=O) groups is 3. The molecule has 0 saturated heterocycles. The van der Waals surface area contributed by atoms with Crippen molar-refractivity contribution in [3.05, 3.63) is 46.9 Å². The number of nitrogens with zero attached hydrogens (tertiary/aromatic N) is 1. The molecule has 1 N–H and O–H groups in total. The number of ether oxygens (including phenoxy) is 1. The van der Waals surface area contributed by atoms with Crippen LogP contribution in [0, 0.1) is 5.92 Å². The van der Waals surface area contributed by atoms with Gasteiger partial charge in [0.2, 0.25) is 0 Å². The largest absolute Gasteiger partial charge is 0.444 e. The van der Waals surface area contributed by atoms with Crippen LogP contribution in [-0.2, 0) is 4.74 Å². The number of hydrogen-bond donors (Lipinski definition) is 1. The lowest BCUT2D eigenvalue weighted by Gasteiger charge is -2.30. The van der Waals surface area contributed by atoms with Gasteiger partial charge in [-0.2, -0.15) is 0 Å². The molecule has 1 aromatic rings. The Morgan fingerprint density at radius 1 is 1.27 bits per heavy atom. The van der Waals surface area contributed by atoms with E-state index in [4.69, 9.17) is 4.74 Å². The molecule has 2 atom stereocenters. The van der Waals surface area contributed by atoms with Crippen LogP contribution in [0.25, 0.3) is 0 Å². The summed E-state index contributed by atoms with van der Waals surface area (Å²) in [6, 6.07) is 6.35. The van der Waals surface area contributed by atoms with E-state index in [1.165, 1.54) is 4.90 Å². The highest BCUT2D eigenvalue weighted by atomic mass is 32.2. The van der Waals surface area contributed by atoms with Gasteiger partial charge in [-0.25, -0.2) is 4.79 Å². The van der Waals surface area contributed by atoms with Gasteiger partial charge in [-0.15, -0.1) is 11.8 Å². The van der Waals surface area contributed by atoms with Crippen molar-refractivity contribution in [3.63, 3.8) is 0 Å². The van der Waals surface area contributed by atoms with Crippen LogP contribution in [0.4, 0.5) is 4.79 Å². The summed E-state index contributed by atoms with van der Waals surface area (Å²) in [4.78, 5) is 38.9. The molecule has 3 rings (SSSR count). The topological polar surface area (TPSA) is 75.7 Å². The maximum atomic E-state index is 12.8. The van der Waals surface area contributed by atoms with Gasteiger partial charge in [-0.1, -0.05) is 18.2 Å². The lowest BCUT2D eigenvalue weighted by Crippen LogP contribution is -2.51. The van der Waals surface area contributed by atoms with Gasteiger partial charge < -0.3 is 10.1 Å². The Morgan fingerprint density at radius 3 is 2.38 bits per heavy atom. The van der Waals surface area contributed by atoms with Crippen LogP contribution < -0.4 is 5.32 Å². The molecule has 26 heavy (non-hydrogen) atoms. The Hall–Kier alpha value is -2.28. The molecule has 0 aliphatic carbocycles. The predicted octanol–water partition coefficient (Wildman–Crippen LogP) is 3.05. The molecule has 0 spiro atoms. The molecule has 2 heterocycles. The van der Waals surface area contributed by atoms with Crippen LogP contribution in [0.1, 0.15) is 41.5 Å². The Labute approximate surface area is 157 Å². The zero-order valence-electron chi connectivity index (χ0n) is 15.0. The Bertz CT molecular complexity index is 734. The van der Waals surface area contributed by atoms with Gasteiger partial charge in [-0.3, -0.25) is 14.5 Å². The van der Waals surface area contributed by atoms with Crippen molar-refractivity contribution in [1.82, 2.24) is 10.2 Å². The van der Waals surface area contributed by atoms with E-state index >= 15 is 0 Å². The Kier molecular flexibility index (Phi) is 5.09. The van der Waals surface area contributed by atoms with Crippen molar-refractivity contribution in [2.24, 2.45) is 5.92 Å². The third-order valence-electron chi connectivity index (χ3n) is 4.22. The summed E-state index contributed by atoms with van der Waals surface area (Å²) in [6.45, 7) is 5.50. The van der Waals surface area contributed by atoms with E-state index in [9.17, 15) is 14.4 Å². The van der Waals surface area contributed by atoms with Crippen molar-refractivity contribution in [1.29, 1.82) is 0 Å². The van der Waals surface area contributed by atoms with Gasteiger partial charge >= 0.3 is 6.09 Å². The first kappa shape index (κ1) is 18.5. The fourth-order valence-corrected chi connectivity index (χ4v) is 4.04. The fourth-order valence-electron chi connectivity index (χ4n) is 3.06. The first-order valence-electron chi connectivity index (χ1n) is 8.50. The Balaban J connectivity index is 1.79. The SMILES string of the molecule is CC(C)(C)OC(=O)NCC(C1C=CSC1)N1C(=O)c2ccccc2C1=O. The van der Waals surface area contributed by atoms with E-state index < -0.39 is 17.7 Å². The quantitative estimate of drug-likeness (QED) is 0.820. The van der Waals surface area contributed by atoms with Crippen molar-refractivity contribution in [3.8, 4) is 0 Å². The van der Waals surface area contributed by atoms with E-state index in [0.717, 1.165) is 5.75 Å². The summed E-state index contributed by atoms with van der Waals surface area (Å²) < 4.78 is 5.27. The fraction of sp³-hybridized carbons (Fsp3) is 0.421. The van der Waals surface area contributed by atoms with Crippen LogP contribution in [-0.4, -0.2) is 46.7 Å². The number of carbonyl (C=O) groups excluding carboxylic acids is 3. The van der Waals surface area contributed by atoms with Crippen molar-refractivity contribution >= 4 is 29.7 Å². The van der Waals surface area contributed by atoms with Crippen molar-refractivity contribution in [2.75, 3.05) is 12.3 Å². The molecule has 2 aliphatic heterocycles. The lowest BCUT2D eigenvalue weighted by atomic mass is 10.00. The number of alkyl carbamates (subject to hydrolysis) is 1. The third kappa shape index (κ3) is 3.77. The number of rotatable bonds is 4. The van der Waals surface area contributed by atoms with Gasteiger partial charge in [0.25, 0.3) is 11.8 Å². The van der Waals surface area contributed by atoms with Gasteiger partial charge in [0, 0.05) is 18.2 Å². The van der Waals surface area contributed by atoms with Crippen LogP contribution in [0.2, 0.25) is 0 Å². The normalized spacial score (nSPS) is 20.3. The smallest absolute Gasteiger partial charge is 0.407 e.